The van der Waals surface area contributed by atoms with E-state index in [1.807, 2.05) is 18.2 Å². The van der Waals surface area contributed by atoms with Gasteiger partial charge in [-0.15, -0.1) is 0 Å². The summed E-state index contributed by atoms with van der Waals surface area (Å²) in [5.74, 6) is 0. The van der Waals surface area contributed by atoms with Gasteiger partial charge in [-0.1, -0.05) is 30.3 Å². The summed E-state index contributed by atoms with van der Waals surface area (Å²) in [7, 11) is 0. The number of benzene rings is 1. The number of hydrogen-bond acceptors (Lipinski definition) is 3. The zero-order valence-electron chi connectivity index (χ0n) is 9.47. The monoisotopic (exact) mass is 216 g/mol. The molecule has 16 heavy (non-hydrogen) atoms. The predicted octanol–water partition coefficient (Wildman–Crippen LogP) is 1.97. The van der Waals surface area contributed by atoms with Crippen LogP contribution in [0.4, 0.5) is 0 Å². The van der Waals surface area contributed by atoms with Crippen LogP contribution in [0, 0.1) is 11.3 Å². The normalized spacial score (nSPS) is 23.6. The summed E-state index contributed by atoms with van der Waals surface area (Å²) in [6.45, 7) is 4.42. The molecule has 0 amide bonds. The first-order chi connectivity index (χ1) is 7.81. The van der Waals surface area contributed by atoms with Crippen molar-refractivity contribution in [2.24, 2.45) is 0 Å². The highest BCUT2D eigenvalue weighted by molar-refractivity contribution is 5.18. The van der Waals surface area contributed by atoms with Crippen LogP contribution in [-0.2, 0) is 4.74 Å². The first kappa shape index (κ1) is 11.1. The second kappa shape index (κ2) is 5.11. The molecule has 2 rings (SSSR count). The highest BCUT2D eigenvalue weighted by Gasteiger charge is 2.24. The van der Waals surface area contributed by atoms with Crippen molar-refractivity contribution in [1.29, 1.82) is 5.26 Å². The Morgan fingerprint density at radius 3 is 2.88 bits per heavy atom. The smallest absolute Gasteiger partial charge is 0.156 e. The molecule has 1 aromatic carbocycles. The van der Waals surface area contributed by atoms with Crippen molar-refractivity contribution >= 4 is 0 Å². The lowest BCUT2D eigenvalue weighted by Gasteiger charge is -2.34. The van der Waals surface area contributed by atoms with Gasteiger partial charge in [-0.3, -0.25) is 4.90 Å². The number of rotatable bonds is 2. The predicted molar refractivity (Wildman–Crippen MR) is 61.8 cm³/mol. The van der Waals surface area contributed by atoms with E-state index in [0.29, 0.717) is 19.2 Å². The summed E-state index contributed by atoms with van der Waals surface area (Å²) in [6.07, 6.45) is -0.278. The van der Waals surface area contributed by atoms with E-state index in [0.717, 1.165) is 6.54 Å². The van der Waals surface area contributed by atoms with Gasteiger partial charge < -0.3 is 4.74 Å². The molecule has 1 aromatic rings. The third-order valence-electron chi connectivity index (χ3n) is 3.07. The Morgan fingerprint density at radius 1 is 1.44 bits per heavy atom. The molecule has 0 saturated carbocycles. The van der Waals surface area contributed by atoms with E-state index in [4.69, 9.17) is 10.00 Å². The maximum Gasteiger partial charge on any atom is 0.156 e. The van der Waals surface area contributed by atoms with Crippen LogP contribution in [-0.4, -0.2) is 30.7 Å². The first-order valence-electron chi connectivity index (χ1n) is 5.61. The molecular formula is C13H16N2O. The van der Waals surface area contributed by atoms with Gasteiger partial charge >= 0.3 is 0 Å². The van der Waals surface area contributed by atoms with Crippen LogP contribution in [0.15, 0.2) is 30.3 Å². The summed E-state index contributed by atoms with van der Waals surface area (Å²) >= 11 is 0. The molecule has 0 radical (unpaired) electrons. The van der Waals surface area contributed by atoms with Crippen molar-refractivity contribution in [3.8, 4) is 6.07 Å². The maximum atomic E-state index is 8.86. The molecule has 1 aliphatic heterocycles. The Balaban J connectivity index is 2.05. The van der Waals surface area contributed by atoms with Gasteiger partial charge in [0.1, 0.15) is 0 Å². The number of ether oxygens (including phenoxy) is 1. The average Bonchev–Trinajstić information content (AvgIpc) is 2.39. The molecule has 0 N–H and O–H groups in total. The van der Waals surface area contributed by atoms with Crippen molar-refractivity contribution in [2.45, 2.75) is 19.1 Å². The minimum atomic E-state index is -0.278. The van der Waals surface area contributed by atoms with Gasteiger partial charge in [0.15, 0.2) is 6.10 Å². The van der Waals surface area contributed by atoms with Gasteiger partial charge in [0, 0.05) is 19.1 Å². The molecule has 3 nitrogen and oxygen atoms in total. The largest absolute Gasteiger partial charge is 0.361 e. The Kier molecular flexibility index (Phi) is 3.55. The topological polar surface area (TPSA) is 36.3 Å². The summed E-state index contributed by atoms with van der Waals surface area (Å²) in [6, 6.07) is 12.9. The van der Waals surface area contributed by atoms with E-state index in [9.17, 15) is 0 Å². The van der Waals surface area contributed by atoms with Gasteiger partial charge in [0.05, 0.1) is 12.7 Å². The lowest BCUT2D eigenvalue weighted by Crippen LogP contribution is -2.42. The van der Waals surface area contributed by atoms with Gasteiger partial charge in [0.25, 0.3) is 0 Å². The van der Waals surface area contributed by atoms with Crippen molar-refractivity contribution < 1.29 is 4.74 Å². The summed E-state index contributed by atoms with van der Waals surface area (Å²) in [5.41, 5.74) is 1.29. The van der Waals surface area contributed by atoms with E-state index in [-0.39, 0.29) is 6.10 Å². The molecule has 1 fully saturated rings. The quantitative estimate of drug-likeness (QED) is 0.758. The summed E-state index contributed by atoms with van der Waals surface area (Å²) in [5, 5.41) is 8.86. The Labute approximate surface area is 96.2 Å². The standard InChI is InChI=1S/C13H16N2O/c1-11(12-5-3-2-4-6-12)15-7-8-16-13(9-14)10-15/h2-6,11,13H,7-8,10H2,1H3/t11-,13?/m1/s1. The second-order valence-corrected chi connectivity index (χ2v) is 4.07. The van der Waals surface area contributed by atoms with Crippen molar-refractivity contribution in [3.05, 3.63) is 35.9 Å². The molecule has 1 saturated heterocycles. The Hall–Kier alpha value is -1.37. The summed E-state index contributed by atoms with van der Waals surface area (Å²) in [4.78, 5) is 2.30. The molecule has 0 aliphatic carbocycles. The SMILES string of the molecule is C[C@H](c1ccccc1)N1CCOC(C#N)C1. The van der Waals surface area contributed by atoms with Crippen molar-refractivity contribution in [1.82, 2.24) is 4.90 Å². The molecule has 0 aromatic heterocycles. The van der Waals surface area contributed by atoms with Crippen LogP contribution >= 0.6 is 0 Å². The van der Waals surface area contributed by atoms with E-state index in [1.165, 1.54) is 5.56 Å². The molecular weight excluding hydrogens is 200 g/mol. The summed E-state index contributed by atoms with van der Waals surface area (Å²) < 4.78 is 5.34. The molecule has 1 heterocycles. The molecule has 1 unspecified atom stereocenters. The molecule has 2 atom stereocenters. The minimum Gasteiger partial charge on any atom is -0.361 e. The fraction of sp³-hybridized carbons (Fsp3) is 0.462. The van der Waals surface area contributed by atoms with Gasteiger partial charge in [-0.2, -0.15) is 5.26 Å². The third-order valence-corrected chi connectivity index (χ3v) is 3.07. The Bertz CT molecular complexity index is 371. The van der Waals surface area contributed by atoms with Crippen molar-refractivity contribution in [3.63, 3.8) is 0 Å². The number of morpholine rings is 1. The third kappa shape index (κ3) is 2.41. The molecule has 1 aliphatic rings. The first-order valence-corrected chi connectivity index (χ1v) is 5.61. The lowest BCUT2D eigenvalue weighted by atomic mass is 10.1. The lowest BCUT2D eigenvalue weighted by molar-refractivity contribution is -0.0146. The number of nitriles is 1. The molecule has 3 heteroatoms. The van der Waals surface area contributed by atoms with Crippen molar-refractivity contribution in [2.75, 3.05) is 19.7 Å². The molecule has 0 spiro atoms. The van der Waals surface area contributed by atoms with Gasteiger partial charge in [-0.05, 0) is 12.5 Å². The molecule has 0 bridgehead atoms. The van der Waals surface area contributed by atoms with Crippen LogP contribution in [0.3, 0.4) is 0 Å². The van der Waals surface area contributed by atoms with Crippen LogP contribution < -0.4 is 0 Å². The fourth-order valence-electron chi connectivity index (χ4n) is 2.04. The molecule has 84 valence electrons. The van der Waals surface area contributed by atoms with Gasteiger partial charge in [-0.25, -0.2) is 0 Å². The maximum absolute atomic E-state index is 8.86. The zero-order chi connectivity index (χ0) is 11.4. The minimum absolute atomic E-state index is 0.278. The van der Waals surface area contributed by atoms with E-state index >= 15 is 0 Å². The number of nitrogens with zero attached hydrogens (tertiary/aromatic N) is 2. The average molecular weight is 216 g/mol. The van der Waals surface area contributed by atoms with Crippen LogP contribution in [0.25, 0.3) is 0 Å². The van der Waals surface area contributed by atoms with Gasteiger partial charge in [0.2, 0.25) is 0 Å². The van der Waals surface area contributed by atoms with Crippen LogP contribution in [0.1, 0.15) is 18.5 Å². The fourth-order valence-corrected chi connectivity index (χ4v) is 2.04. The van der Waals surface area contributed by atoms with Crippen LogP contribution in [0.2, 0.25) is 0 Å². The van der Waals surface area contributed by atoms with E-state index in [2.05, 4.69) is 30.0 Å². The Morgan fingerprint density at radius 2 is 2.19 bits per heavy atom. The highest BCUT2D eigenvalue weighted by Crippen LogP contribution is 2.21. The highest BCUT2D eigenvalue weighted by atomic mass is 16.5. The van der Waals surface area contributed by atoms with E-state index in [1.54, 1.807) is 0 Å². The van der Waals surface area contributed by atoms with Crippen LogP contribution in [0.5, 0.6) is 0 Å². The second-order valence-electron chi connectivity index (χ2n) is 4.07. The zero-order valence-corrected chi connectivity index (χ0v) is 9.47. The number of hydrogen-bond donors (Lipinski definition) is 0. The van der Waals surface area contributed by atoms with E-state index < -0.39 is 0 Å².